The first-order valence-electron chi connectivity index (χ1n) is 19.3. The Kier molecular flexibility index (Phi) is 5.65. The quantitative estimate of drug-likeness (QED) is 0.158. The molecule has 0 heteroatoms. The van der Waals surface area contributed by atoms with Crippen molar-refractivity contribution in [3.63, 3.8) is 0 Å². The van der Waals surface area contributed by atoms with E-state index in [2.05, 4.69) is 194 Å². The fourth-order valence-electron chi connectivity index (χ4n) is 10.8. The molecule has 0 atom stereocenters. The lowest BCUT2D eigenvalue weighted by Gasteiger charge is -2.32. The molecule has 0 unspecified atom stereocenters. The van der Waals surface area contributed by atoms with Crippen molar-refractivity contribution in [1.29, 1.82) is 0 Å². The van der Waals surface area contributed by atoms with Crippen molar-refractivity contribution < 1.29 is 0 Å². The summed E-state index contributed by atoms with van der Waals surface area (Å²) < 4.78 is 0. The van der Waals surface area contributed by atoms with Crippen molar-refractivity contribution in [3.8, 4) is 44.5 Å². The van der Waals surface area contributed by atoms with Gasteiger partial charge in [-0.15, -0.1) is 0 Å². The van der Waals surface area contributed by atoms with Gasteiger partial charge in [0.15, 0.2) is 0 Å². The van der Waals surface area contributed by atoms with E-state index in [4.69, 9.17) is 0 Å². The molecule has 2 aliphatic carbocycles. The van der Waals surface area contributed by atoms with Crippen LogP contribution in [0.4, 0.5) is 0 Å². The first-order valence-corrected chi connectivity index (χ1v) is 19.3. The second-order valence-electron chi connectivity index (χ2n) is 15.5. The molecule has 0 heterocycles. The second kappa shape index (κ2) is 10.6. The molecule has 0 radical (unpaired) electrons. The van der Waals surface area contributed by atoms with Gasteiger partial charge in [0.2, 0.25) is 0 Å². The van der Waals surface area contributed by atoms with Gasteiger partial charge in [0.1, 0.15) is 0 Å². The van der Waals surface area contributed by atoms with Crippen molar-refractivity contribution in [2.24, 2.45) is 0 Å². The molecule has 0 nitrogen and oxygen atoms in total. The first-order chi connectivity index (χ1) is 27.3. The van der Waals surface area contributed by atoms with Gasteiger partial charge in [0, 0.05) is 0 Å². The zero-order valence-electron chi connectivity index (χ0n) is 30.0. The molecule has 0 N–H and O–H groups in total. The summed E-state index contributed by atoms with van der Waals surface area (Å²) in [6.45, 7) is 0. The molecule has 13 rings (SSSR count). The highest BCUT2D eigenvalue weighted by atomic mass is 14.5. The van der Waals surface area contributed by atoms with Gasteiger partial charge in [0.25, 0.3) is 0 Å². The van der Waals surface area contributed by atoms with Crippen molar-refractivity contribution in [2.45, 2.75) is 5.41 Å². The summed E-state index contributed by atoms with van der Waals surface area (Å²) in [6, 6.07) is 73.3. The lowest BCUT2D eigenvalue weighted by Crippen LogP contribution is -2.26. The minimum atomic E-state index is -0.415. The van der Waals surface area contributed by atoms with Crippen LogP contribution in [0.2, 0.25) is 0 Å². The molecule has 1 spiro atoms. The zero-order valence-corrected chi connectivity index (χ0v) is 30.0. The summed E-state index contributed by atoms with van der Waals surface area (Å²) in [7, 11) is 0. The summed E-state index contributed by atoms with van der Waals surface area (Å²) in [5.74, 6) is 0. The molecule has 0 aromatic heterocycles. The molecular weight excluding hydrogens is 661 g/mol. The summed E-state index contributed by atoms with van der Waals surface area (Å²) in [4.78, 5) is 0. The van der Waals surface area contributed by atoms with Crippen LogP contribution in [-0.4, -0.2) is 0 Å². The number of benzene rings is 11. The van der Waals surface area contributed by atoms with Crippen LogP contribution in [0.25, 0.3) is 98.4 Å². The molecular formula is C55H32. The average molecular weight is 693 g/mol. The van der Waals surface area contributed by atoms with Crippen molar-refractivity contribution in [3.05, 3.63) is 216 Å². The number of fused-ring (bicyclic) bond motifs is 14. The number of hydrogen-bond donors (Lipinski definition) is 0. The zero-order chi connectivity index (χ0) is 35.8. The normalized spacial score (nSPS) is 13.6. The maximum absolute atomic E-state index is 2.41. The number of rotatable bonds is 2. The monoisotopic (exact) mass is 692 g/mol. The van der Waals surface area contributed by atoms with Gasteiger partial charge in [0.05, 0.1) is 5.41 Å². The Morgan fingerprint density at radius 3 is 1.49 bits per heavy atom. The van der Waals surface area contributed by atoms with Crippen LogP contribution in [0.5, 0.6) is 0 Å². The third kappa shape index (κ3) is 3.71. The van der Waals surface area contributed by atoms with Gasteiger partial charge in [-0.3, -0.25) is 0 Å². The Morgan fingerprint density at radius 2 is 0.745 bits per heavy atom. The van der Waals surface area contributed by atoms with E-state index in [1.807, 2.05) is 0 Å². The van der Waals surface area contributed by atoms with Crippen LogP contribution in [0.1, 0.15) is 22.3 Å². The van der Waals surface area contributed by atoms with Gasteiger partial charge < -0.3 is 0 Å². The van der Waals surface area contributed by atoms with Gasteiger partial charge in [-0.25, -0.2) is 0 Å². The summed E-state index contributed by atoms with van der Waals surface area (Å²) in [5, 5.41) is 13.1. The largest absolute Gasteiger partial charge is 0.0737 e. The van der Waals surface area contributed by atoms with Crippen molar-refractivity contribution >= 4 is 53.9 Å². The summed E-state index contributed by atoms with van der Waals surface area (Å²) >= 11 is 0. The van der Waals surface area contributed by atoms with Crippen LogP contribution in [0.3, 0.4) is 0 Å². The van der Waals surface area contributed by atoms with Crippen LogP contribution in [-0.2, 0) is 5.41 Å². The molecule has 0 saturated heterocycles. The van der Waals surface area contributed by atoms with Gasteiger partial charge in [-0.05, 0) is 127 Å². The predicted molar refractivity (Wildman–Crippen MR) is 232 cm³/mol. The van der Waals surface area contributed by atoms with E-state index in [-0.39, 0.29) is 0 Å². The fourth-order valence-corrected chi connectivity index (χ4v) is 10.8. The van der Waals surface area contributed by atoms with Crippen molar-refractivity contribution in [1.82, 2.24) is 0 Å². The van der Waals surface area contributed by atoms with Crippen LogP contribution in [0.15, 0.2) is 194 Å². The lowest BCUT2D eigenvalue weighted by molar-refractivity contribution is 0.809. The SMILES string of the molecule is c1ccc2c(c1)-c1ccccc1C21c2c(ccc3ccccc23)-c2ccc3cc(-c4ccc(-c5ccc6ccc7cccc8ccc5c6c78)cc4)ccc3c21. The molecule has 55 heavy (non-hydrogen) atoms. The predicted octanol–water partition coefficient (Wildman–Crippen LogP) is 14.6. The Hall–Kier alpha value is -7.02. The molecule has 0 bridgehead atoms. The van der Waals surface area contributed by atoms with E-state index in [1.165, 1.54) is 121 Å². The first kappa shape index (κ1) is 29.4. The summed E-state index contributed by atoms with van der Waals surface area (Å²) in [6.07, 6.45) is 0. The number of hydrogen-bond acceptors (Lipinski definition) is 0. The fraction of sp³-hybridized carbons (Fsp3) is 0.0182. The average Bonchev–Trinajstić information content (AvgIpc) is 3.73. The van der Waals surface area contributed by atoms with Crippen LogP contribution < -0.4 is 0 Å². The Balaban J connectivity index is 0.992. The highest BCUT2D eigenvalue weighted by Gasteiger charge is 2.53. The van der Waals surface area contributed by atoms with Crippen molar-refractivity contribution in [2.75, 3.05) is 0 Å². The van der Waals surface area contributed by atoms with Gasteiger partial charge in [-0.1, -0.05) is 188 Å². The summed E-state index contributed by atoms with van der Waals surface area (Å²) in [5.41, 5.74) is 15.5. The van der Waals surface area contributed by atoms with E-state index >= 15 is 0 Å². The van der Waals surface area contributed by atoms with Crippen LogP contribution >= 0.6 is 0 Å². The minimum absolute atomic E-state index is 0.415. The minimum Gasteiger partial charge on any atom is -0.0619 e. The molecule has 2 aliphatic rings. The lowest BCUT2D eigenvalue weighted by atomic mass is 9.68. The topological polar surface area (TPSA) is 0 Å². The van der Waals surface area contributed by atoms with E-state index in [1.54, 1.807) is 0 Å². The maximum Gasteiger partial charge on any atom is 0.0737 e. The molecule has 0 aliphatic heterocycles. The maximum atomic E-state index is 2.41. The highest BCUT2D eigenvalue weighted by Crippen LogP contribution is 2.65. The molecule has 11 aromatic rings. The van der Waals surface area contributed by atoms with Gasteiger partial charge >= 0.3 is 0 Å². The third-order valence-electron chi connectivity index (χ3n) is 13.0. The Labute approximate surface area is 318 Å². The van der Waals surface area contributed by atoms with E-state index in [0.29, 0.717) is 0 Å². The molecule has 0 saturated carbocycles. The molecule has 11 aromatic carbocycles. The van der Waals surface area contributed by atoms with E-state index in [9.17, 15) is 0 Å². The highest BCUT2D eigenvalue weighted by molar-refractivity contribution is 6.25. The van der Waals surface area contributed by atoms with Crippen LogP contribution in [0, 0.1) is 0 Å². The van der Waals surface area contributed by atoms with E-state index < -0.39 is 5.41 Å². The van der Waals surface area contributed by atoms with Gasteiger partial charge in [-0.2, -0.15) is 0 Å². The molecule has 252 valence electrons. The molecule has 0 amide bonds. The van der Waals surface area contributed by atoms with E-state index in [0.717, 1.165) is 0 Å². The standard InChI is InChI=1S/C55H32/c1-2-11-42-34(8-1)22-30-47-48-31-26-40-32-39(25-28-43(40)54(48)55(53(42)47)49-14-5-3-12-44(49)45-13-4-6-15-50(45)55)33-16-18-35(19-17-33)41-27-23-38-21-20-36-9-7-10-37-24-29-46(41)52(38)51(36)37/h1-32H. The Bertz CT molecular complexity index is 3360. The molecule has 0 fully saturated rings. The smallest absolute Gasteiger partial charge is 0.0619 e. The second-order valence-corrected chi connectivity index (χ2v) is 15.5. The third-order valence-corrected chi connectivity index (χ3v) is 13.0. The Morgan fingerprint density at radius 1 is 0.255 bits per heavy atom.